The van der Waals surface area contributed by atoms with Crippen molar-refractivity contribution in [1.82, 2.24) is 9.47 Å². The van der Waals surface area contributed by atoms with Gasteiger partial charge in [0.2, 0.25) is 0 Å². The highest BCUT2D eigenvalue weighted by molar-refractivity contribution is 5.97. The zero-order valence-corrected chi connectivity index (χ0v) is 10.2. The van der Waals surface area contributed by atoms with Crippen molar-refractivity contribution in [3.8, 4) is 0 Å². The van der Waals surface area contributed by atoms with Gasteiger partial charge in [-0.15, -0.1) is 0 Å². The fourth-order valence-electron chi connectivity index (χ4n) is 1.59. The number of rotatable bonds is 6. The van der Waals surface area contributed by atoms with Crippen LogP contribution < -0.4 is 0 Å². The molecule has 0 aliphatic rings. The van der Waals surface area contributed by atoms with Crippen LogP contribution >= 0.6 is 0 Å². The van der Waals surface area contributed by atoms with E-state index in [2.05, 4.69) is 0 Å². The number of carbonyl (C=O) groups is 1. The van der Waals surface area contributed by atoms with Crippen LogP contribution in [0, 0.1) is 0 Å². The van der Waals surface area contributed by atoms with Gasteiger partial charge in [0.1, 0.15) is 0 Å². The molecule has 4 heteroatoms. The first-order valence-corrected chi connectivity index (χ1v) is 5.54. The highest BCUT2D eigenvalue weighted by atomic mass is 16.3. The van der Waals surface area contributed by atoms with E-state index < -0.39 is 0 Å². The van der Waals surface area contributed by atoms with Gasteiger partial charge in [-0.05, 0) is 19.9 Å². The average Bonchev–Trinajstić information content (AvgIpc) is 2.64. The number of aryl methyl sites for hydroxylation is 1. The van der Waals surface area contributed by atoms with Crippen molar-refractivity contribution >= 4 is 5.78 Å². The number of aliphatic hydroxyl groups excluding tert-OH is 1. The Labute approximate surface area is 96.5 Å². The molecule has 0 radical (unpaired) electrons. The molecule has 1 aromatic rings. The van der Waals surface area contributed by atoms with Crippen molar-refractivity contribution in [3.63, 3.8) is 0 Å². The average molecular weight is 224 g/mol. The first-order valence-electron chi connectivity index (χ1n) is 5.54. The molecule has 0 atom stereocenters. The largest absolute Gasteiger partial charge is 0.395 e. The molecule has 0 fully saturated rings. The number of hydrogen-bond acceptors (Lipinski definition) is 3. The van der Waals surface area contributed by atoms with Gasteiger partial charge < -0.3 is 9.67 Å². The molecule has 0 aliphatic carbocycles. The molecule has 90 valence electrons. The Hall–Kier alpha value is -1.13. The van der Waals surface area contributed by atoms with E-state index in [4.69, 9.17) is 5.11 Å². The first kappa shape index (κ1) is 12.9. The van der Waals surface area contributed by atoms with Crippen LogP contribution in [0.3, 0.4) is 0 Å². The van der Waals surface area contributed by atoms with E-state index in [9.17, 15) is 4.79 Å². The lowest BCUT2D eigenvalue weighted by Gasteiger charge is -2.24. The fourth-order valence-corrected chi connectivity index (χ4v) is 1.59. The summed E-state index contributed by atoms with van der Waals surface area (Å²) >= 11 is 0. The molecule has 0 bridgehead atoms. The van der Waals surface area contributed by atoms with Gasteiger partial charge in [-0.1, -0.05) is 0 Å². The molecule has 0 amide bonds. The normalized spacial score (nSPS) is 11.4. The van der Waals surface area contributed by atoms with E-state index in [-0.39, 0.29) is 18.4 Å². The molecule has 0 aromatic carbocycles. The summed E-state index contributed by atoms with van der Waals surface area (Å²) in [5.41, 5.74) is 0.728. The van der Waals surface area contributed by atoms with Gasteiger partial charge in [0.15, 0.2) is 5.78 Å². The number of nitrogens with zero attached hydrogens (tertiary/aromatic N) is 2. The van der Waals surface area contributed by atoms with Crippen molar-refractivity contribution < 1.29 is 9.90 Å². The second kappa shape index (κ2) is 5.82. The highest BCUT2D eigenvalue weighted by Crippen LogP contribution is 2.05. The van der Waals surface area contributed by atoms with E-state index in [0.29, 0.717) is 13.1 Å². The quantitative estimate of drug-likeness (QED) is 0.731. The van der Waals surface area contributed by atoms with E-state index in [1.807, 2.05) is 48.8 Å². The SMILES string of the molecule is CC(C)N(CCO)CC(=O)c1ccn(C)c1. The zero-order chi connectivity index (χ0) is 12.1. The summed E-state index contributed by atoms with van der Waals surface area (Å²) in [6.45, 7) is 5.03. The molecule has 0 saturated carbocycles. The maximum absolute atomic E-state index is 11.9. The van der Waals surface area contributed by atoms with Gasteiger partial charge in [0.05, 0.1) is 13.2 Å². The van der Waals surface area contributed by atoms with Crippen LogP contribution in [-0.4, -0.2) is 46.1 Å². The monoisotopic (exact) mass is 224 g/mol. The maximum Gasteiger partial charge on any atom is 0.178 e. The Morgan fingerprint density at radius 2 is 2.25 bits per heavy atom. The number of aromatic nitrogens is 1. The summed E-state index contributed by atoms with van der Waals surface area (Å²) in [5.74, 6) is 0.0998. The lowest BCUT2D eigenvalue weighted by Crippen LogP contribution is -2.37. The number of ketones is 1. The molecule has 0 spiro atoms. The van der Waals surface area contributed by atoms with Crippen LogP contribution in [0.4, 0.5) is 0 Å². The van der Waals surface area contributed by atoms with Crippen molar-refractivity contribution in [1.29, 1.82) is 0 Å². The summed E-state index contributed by atoms with van der Waals surface area (Å²) in [6, 6.07) is 2.08. The second-order valence-electron chi connectivity index (χ2n) is 4.28. The Balaban J connectivity index is 2.61. The van der Waals surface area contributed by atoms with Crippen LogP contribution in [0.25, 0.3) is 0 Å². The predicted molar refractivity (Wildman–Crippen MR) is 63.5 cm³/mol. The summed E-state index contributed by atoms with van der Waals surface area (Å²) < 4.78 is 1.86. The standard InChI is InChI=1S/C12H20N2O2/c1-10(2)14(6-7-15)9-12(16)11-4-5-13(3)8-11/h4-5,8,10,15H,6-7,9H2,1-3H3. The minimum atomic E-state index is 0.0836. The fraction of sp³-hybridized carbons (Fsp3) is 0.583. The maximum atomic E-state index is 11.9. The lowest BCUT2D eigenvalue weighted by atomic mass is 10.2. The Bertz CT molecular complexity index is 345. The first-order chi connectivity index (χ1) is 7.54. The molecule has 4 nitrogen and oxygen atoms in total. The van der Waals surface area contributed by atoms with E-state index >= 15 is 0 Å². The molecule has 1 N–H and O–H groups in total. The summed E-state index contributed by atoms with van der Waals surface area (Å²) in [5, 5.41) is 8.92. The second-order valence-corrected chi connectivity index (χ2v) is 4.28. The molecular weight excluding hydrogens is 204 g/mol. The Kier molecular flexibility index (Phi) is 4.71. The van der Waals surface area contributed by atoms with Gasteiger partial charge in [-0.2, -0.15) is 0 Å². The van der Waals surface area contributed by atoms with Gasteiger partial charge in [-0.3, -0.25) is 9.69 Å². The van der Waals surface area contributed by atoms with E-state index in [0.717, 1.165) is 5.56 Å². The van der Waals surface area contributed by atoms with Gasteiger partial charge in [0.25, 0.3) is 0 Å². The minimum Gasteiger partial charge on any atom is -0.395 e. The van der Waals surface area contributed by atoms with Gasteiger partial charge >= 0.3 is 0 Å². The summed E-state index contributed by atoms with van der Waals surface area (Å²) in [6.07, 6.45) is 3.68. The third kappa shape index (κ3) is 3.47. The third-order valence-corrected chi connectivity index (χ3v) is 2.62. The molecule has 0 aliphatic heterocycles. The lowest BCUT2D eigenvalue weighted by molar-refractivity contribution is 0.0881. The highest BCUT2D eigenvalue weighted by Gasteiger charge is 2.15. The minimum absolute atomic E-state index is 0.0836. The molecule has 1 aromatic heterocycles. The summed E-state index contributed by atoms with van der Waals surface area (Å²) in [4.78, 5) is 13.9. The molecular formula is C12H20N2O2. The molecule has 16 heavy (non-hydrogen) atoms. The van der Waals surface area contributed by atoms with Crippen molar-refractivity contribution in [3.05, 3.63) is 24.0 Å². The van der Waals surface area contributed by atoms with Crippen molar-refractivity contribution in [2.24, 2.45) is 7.05 Å². The van der Waals surface area contributed by atoms with Crippen LogP contribution in [0.5, 0.6) is 0 Å². The smallest absolute Gasteiger partial charge is 0.178 e. The van der Waals surface area contributed by atoms with E-state index in [1.165, 1.54) is 0 Å². The topological polar surface area (TPSA) is 45.5 Å². The summed E-state index contributed by atoms with van der Waals surface area (Å²) in [7, 11) is 1.89. The predicted octanol–water partition coefficient (Wildman–Crippen LogP) is 0.910. The molecule has 1 rings (SSSR count). The zero-order valence-electron chi connectivity index (χ0n) is 10.2. The van der Waals surface area contributed by atoms with Gasteiger partial charge in [0, 0.05) is 37.6 Å². The number of aliphatic hydroxyl groups is 1. The number of Topliss-reactive ketones (excluding diaryl/α,β-unsaturated/α-hetero) is 1. The molecule has 0 unspecified atom stereocenters. The van der Waals surface area contributed by atoms with Crippen molar-refractivity contribution in [2.75, 3.05) is 19.7 Å². The van der Waals surface area contributed by atoms with Crippen LogP contribution in [-0.2, 0) is 7.05 Å². The van der Waals surface area contributed by atoms with E-state index in [1.54, 1.807) is 0 Å². The molecule has 1 heterocycles. The number of hydrogen-bond donors (Lipinski definition) is 1. The van der Waals surface area contributed by atoms with Crippen LogP contribution in [0.1, 0.15) is 24.2 Å². The van der Waals surface area contributed by atoms with Gasteiger partial charge in [-0.25, -0.2) is 0 Å². The Morgan fingerprint density at radius 1 is 1.56 bits per heavy atom. The molecule has 0 saturated heterocycles. The Morgan fingerprint density at radius 3 is 2.69 bits per heavy atom. The third-order valence-electron chi connectivity index (χ3n) is 2.62. The van der Waals surface area contributed by atoms with Crippen LogP contribution in [0.2, 0.25) is 0 Å². The van der Waals surface area contributed by atoms with Crippen molar-refractivity contribution in [2.45, 2.75) is 19.9 Å². The number of carbonyl (C=O) groups excluding carboxylic acids is 1. The van der Waals surface area contributed by atoms with Crippen LogP contribution in [0.15, 0.2) is 18.5 Å².